The molecule has 0 aliphatic carbocycles. The van der Waals surface area contributed by atoms with Gasteiger partial charge in [-0.05, 0) is 42.5 Å². The van der Waals surface area contributed by atoms with Gasteiger partial charge in [-0.25, -0.2) is 4.39 Å². The number of methoxy groups -OCH3 is 1. The molecule has 0 unspecified atom stereocenters. The van der Waals surface area contributed by atoms with Crippen molar-refractivity contribution < 1.29 is 23.1 Å². The molecule has 5 nitrogen and oxygen atoms in total. The van der Waals surface area contributed by atoms with Crippen molar-refractivity contribution in [3.8, 4) is 5.75 Å². The number of amides is 1. The molecule has 0 aliphatic rings. The Hall–Kier alpha value is -3.93. The Morgan fingerprint density at radius 3 is 2.48 bits per heavy atom. The molecular formula is C23H16FNO4. The fourth-order valence-electron chi connectivity index (χ4n) is 3.04. The molecule has 0 spiro atoms. The third-order valence-corrected chi connectivity index (χ3v) is 4.46. The molecule has 0 fully saturated rings. The van der Waals surface area contributed by atoms with Crippen LogP contribution in [0.25, 0.3) is 11.0 Å². The molecule has 29 heavy (non-hydrogen) atoms. The molecule has 1 amide bonds. The van der Waals surface area contributed by atoms with E-state index in [1.54, 1.807) is 48.5 Å². The molecular weight excluding hydrogens is 373 g/mol. The molecule has 0 saturated carbocycles. The van der Waals surface area contributed by atoms with E-state index in [2.05, 4.69) is 5.32 Å². The predicted octanol–water partition coefficient (Wildman–Crippen LogP) is 5.06. The number of carbonyl (C=O) groups excluding carboxylic acids is 2. The standard InChI is InChI=1S/C23H16FNO4/c1-28-17-9-5-6-14(13-17)21(26)22-20(18-10-2-3-11-19(18)29-22)25-23(27)15-7-4-8-16(24)12-15/h2-13H,1H3,(H,25,27). The number of furan rings is 1. The third-order valence-electron chi connectivity index (χ3n) is 4.46. The quantitative estimate of drug-likeness (QED) is 0.484. The van der Waals surface area contributed by atoms with Gasteiger partial charge in [0.2, 0.25) is 5.78 Å². The Bertz CT molecular complexity index is 1230. The van der Waals surface area contributed by atoms with E-state index in [-0.39, 0.29) is 17.0 Å². The highest BCUT2D eigenvalue weighted by atomic mass is 19.1. The van der Waals surface area contributed by atoms with Crippen LogP contribution in [0.1, 0.15) is 26.5 Å². The van der Waals surface area contributed by atoms with Crippen molar-refractivity contribution in [2.24, 2.45) is 0 Å². The Labute approximate surface area is 165 Å². The Kier molecular flexibility index (Phi) is 4.83. The summed E-state index contributed by atoms with van der Waals surface area (Å²) in [6.07, 6.45) is 0. The molecule has 6 heteroatoms. The number of hydrogen-bond acceptors (Lipinski definition) is 4. The molecule has 0 radical (unpaired) electrons. The molecule has 4 aromatic rings. The first kappa shape index (κ1) is 18.4. The van der Waals surface area contributed by atoms with Crippen LogP contribution in [-0.2, 0) is 0 Å². The van der Waals surface area contributed by atoms with E-state index >= 15 is 0 Å². The van der Waals surface area contributed by atoms with Crippen molar-refractivity contribution in [2.45, 2.75) is 0 Å². The second-order valence-electron chi connectivity index (χ2n) is 6.33. The minimum absolute atomic E-state index is 0.00999. The minimum atomic E-state index is -0.546. The van der Waals surface area contributed by atoms with Gasteiger partial charge in [-0.1, -0.05) is 30.3 Å². The van der Waals surface area contributed by atoms with E-state index in [9.17, 15) is 14.0 Å². The van der Waals surface area contributed by atoms with E-state index in [0.717, 1.165) is 6.07 Å². The summed E-state index contributed by atoms with van der Waals surface area (Å²) in [5.41, 5.74) is 1.18. The number of benzene rings is 3. The normalized spacial score (nSPS) is 10.7. The second kappa shape index (κ2) is 7.59. The lowest BCUT2D eigenvalue weighted by Crippen LogP contribution is -2.14. The van der Waals surface area contributed by atoms with Gasteiger partial charge >= 0.3 is 0 Å². The molecule has 0 bridgehead atoms. The van der Waals surface area contributed by atoms with Crippen LogP contribution in [0.4, 0.5) is 10.1 Å². The monoisotopic (exact) mass is 389 g/mol. The van der Waals surface area contributed by atoms with E-state index in [0.29, 0.717) is 22.3 Å². The van der Waals surface area contributed by atoms with Gasteiger partial charge in [-0.15, -0.1) is 0 Å². The predicted molar refractivity (Wildman–Crippen MR) is 107 cm³/mol. The maximum absolute atomic E-state index is 13.5. The minimum Gasteiger partial charge on any atom is -0.497 e. The van der Waals surface area contributed by atoms with Crippen molar-refractivity contribution in [1.29, 1.82) is 0 Å². The lowest BCUT2D eigenvalue weighted by atomic mass is 10.1. The van der Waals surface area contributed by atoms with Crippen LogP contribution in [0.2, 0.25) is 0 Å². The van der Waals surface area contributed by atoms with Gasteiger partial charge in [0.1, 0.15) is 17.1 Å². The van der Waals surface area contributed by atoms with Gasteiger partial charge in [0.05, 0.1) is 12.8 Å². The number of nitrogens with one attached hydrogen (secondary N) is 1. The highest BCUT2D eigenvalue weighted by molar-refractivity contribution is 6.18. The molecule has 0 atom stereocenters. The number of rotatable bonds is 5. The van der Waals surface area contributed by atoms with E-state index in [1.165, 1.54) is 25.3 Å². The third kappa shape index (κ3) is 3.60. The maximum atomic E-state index is 13.5. The highest BCUT2D eigenvalue weighted by Gasteiger charge is 2.24. The van der Waals surface area contributed by atoms with Crippen LogP contribution in [0.5, 0.6) is 5.75 Å². The molecule has 1 heterocycles. The molecule has 0 saturated heterocycles. The summed E-state index contributed by atoms with van der Waals surface area (Å²) in [4.78, 5) is 25.8. The summed E-state index contributed by atoms with van der Waals surface area (Å²) in [7, 11) is 1.51. The average Bonchev–Trinajstić information content (AvgIpc) is 3.11. The van der Waals surface area contributed by atoms with Crippen LogP contribution >= 0.6 is 0 Å². The summed E-state index contributed by atoms with van der Waals surface area (Å²) in [5.74, 6) is -0.964. The van der Waals surface area contributed by atoms with E-state index < -0.39 is 17.5 Å². The van der Waals surface area contributed by atoms with Gasteiger partial charge in [0, 0.05) is 16.5 Å². The summed E-state index contributed by atoms with van der Waals surface area (Å²) >= 11 is 0. The van der Waals surface area contributed by atoms with Gasteiger partial charge in [0.15, 0.2) is 5.76 Å². The number of carbonyl (C=O) groups is 2. The van der Waals surface area contributed by atoms with Crippen molar-refractivity contribution >= 4 is 28.3 Å². The smallest absolute Gasteiger partial charge is 0.255 e. The molecule has 1 N–H and O–H groups in total. The number of para-hydroxylation sites is 1. The Morgan fingerprint density at radius 1 is 0.931 bits per heavy atom. The van der Waals surface area contributed by atoms with Gasteiger partial charge < -0.3 is 14.5 Å². The number of anilines is 1. The first-order valence-corrected chi connectivity index (χ1v) is 8.84. The number of halogens is 1. The van der Waals surface area contributed by atoms with Crippen LogP contribution in [0, 0.1) is 5.82 Å². The fourth-order valence-corrected chi connectivity index (χ4v) is 3.04. The number of fused-ring (bicyclic) bond motifs is 1. The number of ketones is 1. The van der Waals surface area contributed by atoms with Gasteiger partial charge in [-0.3, -0.25) is 9.59 Å². The Morgan fingerprint density at radius 2 is 1.69 bits per heavy atom. The van der Waals surface area contributed by atoms with Crippen molar-refractivity contribution in [3.05, 3.63) is 95.5 Å². The van der Waals surface area contributed by atoms with Crippen molar-refractivity contribution in [1.82, 2.24) is 0 Å². The second-order valence-corrected chi connectivity index (χ2v) is 6.33. The summed E-state index contributed by atoms with van der Waals surface area (Å²) in [6.45, 7) is 0. The van der Waals surface area contributed by atoms with Gasteiger partial charge in [-0.2, -0.15) is 0 Å². The zero-order chi connectivity index (χ0) is 20.4. The fraction of sp³-hybridized carbons (Fsp3) is 0.0435. The summed E-state index contributed by atoms with van der Waals surface area (Å²) in [5, 5.41) is 3.28. The first-order valence-electron chi connectivity index (χ1n) is 8.84. The number of hydrogen-bond donors (Lipinski definition) is 1. The number of ether oxygens (including phenoxy) is 1. The lowest BCUT2D eigenvalue weighted by Gasteiger charge is -2.07. The van der Waals surface area contributed by atoms with Crippen molar-refractivity contribution in [2.75, 3.05) is 12.4 Å². The van der Waals surface area contributed by atoms with E-state index in [1.807, 2.05) is 0 Å². The molecule has 3 aromatic carbocycles. The summed E-state index contributed by atoms with van der Waals surface area (Å²) in [6, 6.07) is 18.9. The zero-order valence-corrected chi connectivity index (χ0v) is 15.4. The average molecular weight is 389 g/mol. The SMILES string of the molecule is COc1cccc(C(=O)c2oc3ccccc3c2NC(=O)c2cccc(F)c2)c1. The largest absolute Gasteiger partial charge is 0.497 e. The molecule has 1 aromatic heterocycles. The molecule has 0 aliphatic heterocycles. The van der Waals surface area contributed by atoms with Crippen LogP contribution in [0.3, 0.4) is 0 Å². The van der Waals surface area contributed by atoms with Crippen LogP contribution < -0.4 is 10.1 Å². The van der Waals surface area contributed by atoms with Gasteiger partial charge in [0.25, 0.3) is 5.91 Å². The topological polar surface area (TPSA) is 68.5 Å². The first-order chi connectivity index (χ1) is 14.1. The lowest BCUT2D eigenvalue weighted by molar-refractivity contribution is 0.101. The van der Waals surface area contributed by atoms with Crippen molar-refractivity contribution in [3.63, 3.8) is 0 Å². The van der Waals surface area contributed by atoms with Crippen LogP contribution in [-0.4, -0.2) is 18.8 Å². The Balaban J connectivity index is 1.78. The maximum Gasteiger partial charge on any atom is 0.255 e. The van der Waals surface area contributed by atoms with E-state index in [4.69, 9.17) is 9.15 Å². The summed E-state index contributed by atoms with van der Waals surface area (Å²) < 4.78 is 24.4. The van der Waals surface area contributed by atoms with Crippen LogP contribution in [0.15, 0.2) is 77.2 Å². The molecule has 144 valence electrons. The molecule has 4 rings (SSSR count). The highest BCUT2D eigenvalue weighted by Crippen LogP contribution is 2.33. The zero-order valence-electron chi connectivity index (χ0n) is 15.4.